The topological polar surface area (TPSA) is 59.0 Å². The highest BCUT2D eigenvalue weighted by Crippen LogP contribution is 2.37. The Morgan fingerprint density at radius 2 is 2.16 bits per heavy atom. The van der Waals surface area contributed by atoms with E-state index >= 15 is 0 Å². The first kappa shape index (κ1) is 12.7. The molecule has 0 amide bonds. The number of fused-ring (bicyclic) bond motifs is 1. The fourth-order valence-corrected chi connectivity index (χ4v) is 3.04. The smallest absolute Gasteiger partial charge is 0.320 e. The lowest BCUT2D eigenvalue weighted by molar-refractivity contribution is -0.142. The maximum atomic E-state index is 11.2. The summed E-state index contributed by atoms with van der Waals surface area (Å²) in [7, 11) is 0. The summed E-state index contributed by atoms with van der Waals surface area (Å²) in [6.07, 6.45) is 1.65. The molecule has 3 rings (SSSR count). The minimum absolute atomic E-state index is 0.243. The monoisotopic (exact) mass is 327 g/mol. The maximum absolute atomic E-state index is 11.2. The first-order valence-corrected chi connectivity index (χ1v) is 6.99. The molecule has 2 aliphatic rings. The second kappa shape index (κ2) is 5.02. The Morgan fingerprint density at radius 1 is 1.42 bits per heavy atom. The van der Waals surface area contributed by atoms with Gasteiger partial charge >= 0.3 is 5.97 Å². The fourth-order valence-electron chi connectivity index (χ4n) is 2.59. The predicted octanol–water partition coefficient (Wildman–Crippen LogP) is 2.23. The molecule has 0 radical (unpaired) electrons. The summed E-state index contributed by atoms with van der Waals surface area (Å²) in [5.41, 5.74) is 1.03. The molecule has 1 saturated heterocycles. The third kappa shape index (κ3) is 2.42. The van der Waals surface area contributed by atoms with Gasteiger partial charge in [0.1, 0.15) is 6.04 Å². The zero-order valence-corrected chi connectivity index (χ0v) is 11.9. The van der Waals surface area contributed by atoms with Crippen molar-refractivity contribution >= 4 is 21.9 Å². The molecule has 2 aliphatic heterocycles. The van der Waals surface area contributed by atoms with Crippen LogP contribution < -0.4 is 9.47 Å². The van der Waals surface area contributed by atoms with E-state index in [9.17, 15) is 9.90 Å². The van der Waals surface area contributed by atoms with Crippen molar-refractivity contribution in [2.24, 2.45) is 0 Å². The van der Waals surface area contributed by atoms with E-state index in [1.165, 1.54) is 0 Å². The summed E-state index contributed by atoms with van der Waals surface area (Å²) in [5.74, 6) is 0.713. The Hall–Kier alpha value is -1.27. The van der Waals surface area contributed by atoms with Crippen molar-refractivity contribution in [1.29, 1.82) is 0 Å². The van der Waals surface area contributed by atoms with Crippen molar-refractivity contribution < 1.29 is 19.4 Å². The number of nitrogens with zero attached hydrogens (tertiary/aromatic N) is 1. The second-order valence-electron chi connectivity index (χ2n) is 4.76. The van der Waals surface area contributed by atoms with Gasteiger partial charge in [-0.25, -0.2) is 0 Å². The molecule has 0 aromatic heterocycles. The van der Waals surface area contributed by atoms with Crippen LogP contribution in [0.4, 0.5) is 0 Å². The Morgan fingerprint density at radius 3 is 2.89 bits per heavy atom. The van der Waals surface area contributed by atoms with Gasteiger partial charge in [-0.1, -0.05) is 15.9 Å². The summed E-state index contributed by atoms with van der Waals surface area (Å²) >= 11 is 3.50. The van der Waals surface area contributed by atoms with Crippen LogP contribution in [0.5, 0.6) is 11.5 Å². The molecule has 1 N–H and O–H groups in total. The van der Waals surface area contributed by atoms with Gasteiger partial charge < -0.3 is 14.6 Å². The van der Waals surface area contributed by atoms with Crippen molar-refractivity contribution in [1.82, 2.24) is 4.90 Å². The minimum atomic E-state index is -0.741. The zero-order chi connectivity index (χ0) is 13.4. The molecule has 0 aliphatic carbocycles. The van der Waals surface area contributed by atoms with E-state index < -0.39 is 5.97 Å². The molecule has 0 saturated carbocycles. The van der Waals surface area contributed by atoms with Crippen LogP contribution in [0.2, 0.25) is 0 Å². The number of hydrogen-bond acceptors (Lipinski definition) is 4. The average molecular weight is 328 g/mol. The summed E-state index contributed by atoms with van der Waals surface area (Å²) in [5, 5.41) is 9.19. The van der Waals surface area contributed by atoms with Gasteiger partial charge in [-0.15, -0.1) is 0 Å². The highest BCUT2D eigenvalue weighted by Gasteiger charge is 2.31. The largest absolute Gasteiger partial charge is 0.480 e. The van der Waals surface area contributed by atoms with E-state index in [4.69, 9.17) is 9.47 Å². The van der Waals surface area contributed by atoms with Gasteiger partial charge in [-0.05, 0) is 37.1 Å². The van der Waals surface area contributed by atoms with Gasteiger partial charge in [0.2, 0.25) is 6.79 Å². The lowest BCUT2D eigenvalue weighted by Gasteiger charge is -2.21. The highest BCUT2D eigenvalue weighted by atomic mass is 79.9. The number of aliphatic carboxylic acids is 1. The van der Waals surface area contributed by atoms with Crippen molar-refractivity contribution in [2.45, 2.75) is 25.4 Å². The summed E-state index contributed by atoms with van der Waals surface area (Å²) in [6, 6.07) is 3.42. The quantitative estimate of drug-likeness (QED) is 0.922. The van der Waals surface area contributed by atoms with Crippen LogP contribution in [0.25, 0.3) is 0 Å². The number of carboxylic acid groups (broad SMARTS) is 1. The average Bonchev–Trinajstić information content (AvgIpc) is 2.98. The first-order valence-electron chi connectivity index (χ1n) is 6.20. The molecule has 1 fully saturated rings. The van der Waals surface area contributed by atoms with Crippen molar-refractivity contribution in [3.63, 3.8) is 0 Å². The van der Waals surface area contributed by atoms with Gasteiger partial charge in [0.05, 0.1) is 0 Å². The van der Waals surface area contributed by atoms with Gasteiger partial charge in [-0.2, -0.15) is 0 Å². The van der Waals surface area contributed by atoms with Gasteiger partial charge in [0.15, 0.2) is 11.5 Å². The molecule has 19 heavy (non-hydrogen) atoms. The molecular formula is C13H14BrNO4. The molecule has 6 heteroatoms. The molecule has 0 bridgehead atoms. The Balaban J connectivity index is 1.81. The highest BCUT2D eigenvalue weighted by molar-refractivity contribution is 9.10. The Kier molecular flexibility index (Phi) is 3.36. The molecule has 102 valence electrons. The van der Waals surface area contributed by atoms with Crippen LogP contribution >= 0.6 is 15.9 Å². The molecule has 1 aromatic rings. The number of halogens is 1. The number of benzene rings is 1. The fraction of sp³-hybridized carbons (Fsp3) is 0.462. The van der Waals surface area contributed by atoms with Gasteiger partial charge in [0, 0.05) is 11.0 Å². The van der Waals surface area contributed by atoms with E-state index in [0.29, 0.717) is 6.54 Å². The molecule has 0 spiro atoms. The van der Waals surface area contributed by atoms with Crippen LogP contribution in [0, 0.1) is 0 Å². The molecule has 5 nitrogen and oxygen atoms in total. The number of rotatable bonds is 3. The summed E-state index contributed by atoms with van der Waals surface area (Å²) < 4.78 is 11.6. The van der Waals surface area contributed by atoms with E-state index in [1.807, 2.05) is 17.0 Å². The molecule has 1 aromatic carbocycles. The Bertz CT molecular complexity index is 520. The number of carbonyl (C=O) groups is 1. The third-order valence-electron chi connectivity index (χ3n) is 3.56. The van der Waals surface area contributed by atoms with Crippen molar-refractivity contribution in [3.05, 3.63) is 22.2 Å². The normalized spacial score (nSPS) is 21.8. The van der Waals surface area contributed by atoms with E-state index in [0.717, 1.165) is 40.9 Å². The molecular weight excluding hydrogens is 314 g/mol. The molecule has 0 unspecified atom stereocenters. The summed E-state index contributed by atoms with van der Waals surface area (Å²) in [4.78, 5) is 13.2. The lowest BCUT2D eigenvalue weighted by Crippen LogP contribution is -2.35. The number of carboxylic acids is 1. The van der Waals surface area contributed by atoms with Crippen LogP contribution in [-0.4, -0.2) is 35.4 Å². The summed E-state index contributed by atoms with van der Waals surface area (Å²) in [6.45, 7) is 1.67. The van der Waals surface area contributed by atoms with Crippen molar-refractivity contribution in [3.8, 4) is 11.5 Å². The van der Waals surface area contributed by atoms with Crippen LogP contribution in [-0.2, 0) is 11.3 Å². The third-order valence-corrected chi connectivity index (χ3v) is 4.30. The molecule has 2 heterocycles. The first-order chi connectivity index (χ1) is 9.15. The Labute approximate surface area is 119 Å². The van der Waals surface area contributed by atoms with E-state index in [2.05, 4.69) is 15.9 Å². The van der Waals surface area contributed by atoms with Crippen LogP contribution in [0.3, 0.4) is 0 Å². The van der Waals surface area contributed by atoms with E-state index in [1.54, 1.807) is 0 Å². The van der Waals surface area contributed by atoms with Crippen molar-refractivity contribution in [2.75, 3.05) is 13.3 Å². The van der Waals surface area contributed by atoms with E-state index in [-0.39, 0.29) is 12.8 Å². The van der Waals surface area contributed by atoms with Gasteiger partial charge in [-0.3, -0.25) is 9.69 Å². The van der Waals surface area contributed by atoms with Crippen LogP contribution in [0.1, 0.15) is 18.4 Å². The predicted molar refractivity (Wildman–Crippen MR) is 71.3 cm³/mol. The minimum Gasteiger partial charge on any atom is -0.480 e. The lowest BCUT2D eigenvalue weighted by atomic mass is 10.1. The second-order valence-corrected chi connectivity index (χ2v) is 5.62. The molecule has 1 atom stereocenters. The number of hydrogen-bond donors (Lipinski definition) is 1. The maximum Gasteiger partial charge on any atom is 0.320 e. The standard InChI is InChI=1S/C13H14BrNO4/c14-9-5-12-11(18-7-19-12)4-8(9)6-15-3-1-2-10(15)13(16)17/h4-5,10H,1-3,6-7H2,(H,16,17)/t10-/m0/s1. The SMILES string of the molecule is O=C(O)[C@@H]1CCCN1Cc1cc2c(cc1Br)OCO2. The zero-order valence-electron chi connectivity index (χ0n) is 10.3. The van der Waals surface area contributed by atoms with Gasteiger partial charge in [0.25, 0.3) is 0 Å². The number of likely N-dealkylation sites (tertiary alicyclic amines) is 1. The van der Waals surface area contributed by atoms with Crippen LogP contribution in [0.15, 0.2) is 16.6 Å². The number of ether oxygens (including phenoxy) is 2.